The van der Waals surface area contributed by atoms with Crippen molar-refractivity contribution in [2.75, 3.05) is 18.8 Å². The van der Waals surface area contributed by atoms with Crippen LogP contribution in [0, 0.1) is 11.3 Å². The minimum absolute atomic E-state index is 0.431. The van der Waals surface area contributed by atoms with Crippen LogP contribution in [-0.4, -0.2) is 29.8 Å². The fourth-order valence-electron chi connectivity index (χ4n) is 3.26. The zero-order valence-electron chi connectivity index (χ0n) is 12.9. The molecular weight excluding hydrogens is 238 g/mol. The first kappa shape index (κ1) is 16.4. The van der Waals surface area contributed by atoms with Crippen molar-refractivity contribution in [2.24, 2.45) is 11.3 Å². The van der Waals surface area contributed by atoms with Crippen LogP contribution in [0.15, 0.2) is 0 Å². The largest absolute Gasteiger partial charge is 0.300 e. The molecule has 0 saturated heterocycles. The average Bonchev–Trinajstić information content (AvgIpc) is 2.88. The normalized spacial score (nSPS) is 18.2. The van der Waals surface area contributed by atoms with Crippen molar-refractivity contribution >= 4 is 12.6 Å². The molecule has 0 N–H and O–H groups in total. The summed E-state index contributed by atoms with van der Waals surface area (Å²) in [7, 11) is 0. The molecular formula is C16H33NS. The average molecular weight is 272 g/mol. The van der Waals surface area contributed by atoms with Gasteiger partial charge in [0.1, 0.15) is 0 Å². The van der Waals surface area contributed by atoms with Gasteiger partial charge in [-0.25, -0.2) is 0 Å². The molecule has 108 valence electrons. The summed E-state index contributed by atoms with van der Waals surface area (Å²) in [5.74, 6) is 1.80. The van der Waals surface area contributed by atoms with Crippen LogP contribution >= 0.6 is 12.6 Å². The molecule has 0 radical (unpaired) electrons. The molecule has 1 rings (SSSR count). The van der Waals surface area contributed by atoms with E-state index in [4.69, 9.17) is 0 Å². The van der Waals surface area contributed by atoms with Crippen molar-refractivity contribution in [2.45, 2.75) is 72.3 Å². The van der Waals surface area contributed by atoms with E-state index in [1.54, 1.807) is 0 Å². The monoisotopic (exact) mass is 271 g/mol. The van der Waals surface area contributed by atoms with Crippen molar-refractivity contribution in [3.05, 3.63) is 0 Å². The predicted molar refractivity (Wildman–Crippen MR) is 85.5 cm³/mol. The second-order valence-electron chi connectivity index (χ2n) is 6.63. The zero-order chi connectivity index (χ0) is 13.6. The first-order valence-electron chi connectivity index (χ1n) is 7.91. The van der Waals surface area contributed by atoms with Crippen LogP contribution in [0.25, 0.3) is 0 Å². The summed E-state index contributed by atoms with van der Waals surface area (Å²) >= 11 is 4.64. The Kier molecular flexibility index (Phi) is 7.08. The Morgan fingerprint density at radius 2 is 1.72 bits per heavy atom. The molecule has 0 spiro atoms. The van der Waals surface area contributed by atoms with Crippen LogP contribution in [0.2, 0.25) is 0 Å². The van der Waals surface area contributed by atoms with Crippen LogP contribution in [0.4, 0.5) is 0 Å². The van der Waals surface area contributed by atoms with Gasteiger partial charge in [0.25, 0.3) is 0 Å². The second-order valence-corrected chi connectivity index (χ2v) is 6.94. The molecule has 1 saturated carbocycles. The molecule has 0 aliphatic heterocycles. The van der Waals surface area contributed by atoms with Crippen molar-refractivity contribution in [3.63, 3.8) is 0 Å². The summed E-state index contributed by atoms with van der Waals surface area (Å²) in [6, 6.07) is 0.852. The third-order valence-electron chi connectivity index (χ3n) is 4.81. The molecule has 0 unspecified atom stereocenters. The number of nitrogens with zero attached hydrogens (tertiary/aromatic N) is 1. The SMILES string of the molecule is CCC(CC)(CS)CN(CC(C)C)C1CCCC1. The maximum atomic E-state index is 4.64. The van der Waals surface area contributed by atoms with Gasteiger partial charge in [-0.3, -0.25) is 4.90 Å². The Bertz CT molecular complexity index is 209. The third kappa shape index (κ3) is 4.45. The molecule has 2 heteroatoms. The highest BCUT2D eigenvalue weighted by molar-refractivity contribution is 7.80. The lowest BCUT2D eigenvalue weighted by Gasteiger charge is -2.40. The maximum Gasteiger partial charge on any atom is 0.00956 e. The van der Waals surface area contributed by atoms with E-state index in [-0.39, 0.29) is 0 Å². The molecule has 0 aromatic carbocycles. The highest BCUT2D eigenvalue weighted by Gasteiger charge is 2.31. The maximum absolute atomic E-state index is 4.64. The summed E-state index contributed by atoms with van der Waals surface area (Å²) in [5.41, 5.74) is 0.431. The smallest absolute Gasteiger partial charge is 0.00956 e. The number of rotatable bonds is 8. The molecule has 1 nitrogen and oxygen atoms in total. The van der Waals surface area contributed by atoms with E-state index in [1.165, 1.54) is 51.6 Å². The van der Waals surface area contributed by atoms with Crippen molar-refractivity contribution in [3.8, 4) is 0 Å². The third-order valence-corrected chi connectivity index (χ3v) is 5.49. The second kappa shape index (κ2) is 7.79. The lowest BCUT2D eigenvalue weighted by Crippen LogP contribution is -2.44. The molecule has 0 aromatic heterocycles. The summed E-state index contributed by atoms with van der Waals surface area (Å²) in [6.07, 6.45) is 8.23. The quantitative estimate of drug-likeness (QED) is 0.630. The van der Waals surface area contributed by atoms with Crippen molar-refractivity contribution in [1.82, 2.24) is 4.90 Å². The predicted octanol–water partition coefficient (Wildman–Crippen LogP) is 4.62. The van der Waals surface area contributed by atoms with E-state index in [9.17, 15) is 0 Å². The standard InChI is InChI=1S/C16H33NS/c1-5-16(6-2,13-18)12-17(11-14(3)4)15-9-7-8-10-15/h14-15,18H,5-13H2,1-4H3. The van der Waals surface area contributed by atoms with Crippen LogP contribution in [0.5, 0.6) is 0 Å². The van der Waals surface area contributed by atoms with Crippen LogP contribution in [0.3, 0.4) is 0 Å². The van der Waals surface area contributed by atoms with Gasteiger partial charge in [-0.2, -0.15) is 12.6 Å². The van der Waals surface area contributed by atoms with Crippen LogP contribution in [-0.2, 0) is 0 Å². The Balaban J connectivity index is 2.69. The van der Waals surface area contributed by atoms with E-state index in [0.29, 0.717) is 5.41 Å². The Morgan fingerprint density at radius 1 is 1.17 bits per heavy atom. The molecule has 1 aliphatic rings. The lowest BCUT2D eigenvalue weighted by molar-refractivity contribution is 0.104. The fraction of sp³-hybridized carbons (Fsp3) is 1.00. The van der Waals surface area contributed by atoms with Gasteiger partial charge in [-0.1, -0.05) is 40.5 Å². The molecule has 0 aromatic rings. The van der Waals surface area contributed by atoms with E-state index in [1.807, 2.05) is 0 Å². The first-order chi connectivity index (χ1) is 8.56. The Labute approximate surface area is 120 Å². The molecule has 0 amide bonds. The molecule has 0 heterocycles. The van der Waals surface area contributed by atoms with Crippen molar-refractivity contribution in [1.29, 1.82) is 0 Å². The topological polar surface area (TPSA) is 3.24 Å². The van der Waals surface area contributed by atoms with Gasteiger partial charge in [-0.15, -0.1) is 0 Å². The van der Waals surface area contributed by atoms with Crippen LogP contribution in [0.1, 0.15) is 66.2 Å². The summed E-state index contributed by atoms with van der Waals surface area (Å²) in [5, 5.41) is 0. The Hall–Kier alpha value is 0.310. The summed E-state index contributed by atoms with van der Waals surface area (Å²) in [4.78, 5) is 2.79. The van der Waals surface area contributed by atoms with E-state index >= 15 is 0 Å². The van der Waals surface area contributed by atoms with E-state index in [2.05, 4.69) is 45.2 Å². The van der Waals surface area contributed by atoms with E-state index in [0.717, 1.165) is 17.7 Å². The lowest BCUT2D eigenvalue weighted by atomic mass is 9.83. The molecule has 0 atom stereocenters. The van der Waals surface area contributed by atoms with Gasteiger partial charge in [0.2, 0.25) is 0 Å². The summed E-state index contributed by atoms with van der Waals surface area (Å²) < 4.78 is 0. The molecule has 1 fully saturated rings. The van der Waals surface area contributed by atoms with Gasteiger partial charge in [0.05, 0.1) is 0 Å². The molecule has 18 heavy (non-hydrogen) atoms. The number of hydrogen-bond donors (Lipinski definition) is 1. The molecule has 0 bridgehead atoms. The van der Waals surface area contributed by atoms with Crippen molar-refractivity contribution < 1.29 is 0 Å². The number of thiol groups is 1. The van der Waals surface area contributed by atoms with E-state index < -0.39 is 0 Å². The number of hydrogen-bond acceptors (Lipinski definition) is 2. The Morgan fingerprint density at radius 3 is 2.11 bits per heavy atom. The van der Waals surface area contributed by atoms with Gasteiger partial charge in [0, 0.05) is 19.1 Å². The van der Waals surface area contributed by atoms with Gasteiger partial charge in [-0.05, 0) is 42.8 Å². The minimum Gasteiger partial charge on any atom is -0.300 e. The highest BCUT2D eigenvalue weighted by Crippen LogP contribution is 2.33. The van der Waals surface area contributed by atoms with Gasteiger partial charge in [0.15, 0.2) is 0 Å². The van der Waals surface area contributed by atoms with Crippen LogP contribution < -0.4 is 0 Å². The summed E-state index contributed by atoms with van der Waals surface area (Å²) in [6.45, 7) is 11.9. The first-order valence-corrected chi connectivity index (χ1v) is 8.55. The highest BCUT2D eigenvalue weighted by atomic mass is 32.1. The minimum atomic E-state index is 0.431. The zero-order valence-corrected chi connectivity index (χ0v) is 13.8. The fourth-order valence-corrected chi connectivity index (χ4v) is 3.81. The molecule has 1 aliphatic carbocycles. The van der Waals surface area contributed by atoms with Gasteiger partial charge < -0.3 is 0 Å². The van der Waals surface area contributed by atoms with Gasteiger partial charge >= 0.3 is 0 Å².